The molecule has 2 saturated heterocycles. The van der Waals surface area contributed by atoms with Gasteiger partial charge < -0.3 is 19.1 Å². The normalized spacial score (nSPS) is 20.9. The summed E-state index contributed by atoms with van der Waals surface area (Å²) in [7, 11) is 3.22. The van der Waals surface area contributed by atoms with Crippen LogP contribution in [0.15, 0.2) is 46.8 Å². The maximum absolute atomic E-state index is 13.5. The Morgan fingerprint density at radius 1 is 1.09 bits per heavy atom. The minimum absolute atomic E-state index is 0.0931. The molecule has 7 nitrogen and oxygen atoms in total. The second kappa shape index (κ2) is 10.4. The van der Waals surface area contributed by atoms with E-state index in [2.05, 4.69) is 27.5 Å². The van der Waals surface area contributed by atoms with Crippen LogP contribution in [0.1, 0.15) is 25.7 Å². The van der Waals surface area contributed by atoms with E-state index in [1.807, 2.05) is 28.6 Å². The Balaban J connectivity index is 1.24. The number of methoxy groups -OCH3 is 2. The van der Waals surface area contributed by atoms with E-state index in [9.17, 15) is 4.79 Å². The molecule has 1 aromatic heterocycles. The molecule has 3 aromatic rings. The zero-order chi connectivity index (χ0) is 23.5. The number of amides is 1. The minimum Gasteiger partial charge on any atom is -0.493 e. The highest BCUT2D eigenvalue weighted by molar-refractivity contribution is 7.97. The van der Waals surface area contributed by atoms with Gasteiger partial charge >= 0.3 is 0 Å². The SMILES string of the molecule is COc1ccc(OCCN2CCC3CCCC(C2=O)N3Sc2ccc3ncsc3c2)cc1OC. The average Bonchev–Trinajstić information content (AvgIpc) is 3.32. The Labute approximate surface area is 208 Å². The van der Waals surface area contributed by atoms with Crippen LogP contribution < -0.4 is 14.2 Å². The Kier molecular flexibility index (Phi) is 7.12. The summed E-state index contributed by atoms with van der Waals surface area (Å²) in [6.45, 7) is 1.77. The van der Waals surface area contributed by atoms with E-state index in [0.717, 1.165) is 37.7 Å². The molecule has 1 amide bonds. The molecule has 34 heavy (non-hydrogen) atoms. The fourth-order valence-electron chi connectivity index (χ4n) is 4.74. The van der Waals surface area contributed by atoms with Crippen molar-refractivity contribution in [3.8, 4) is 17.2 Å². The highest BCUT2D eigenvalue weighted by Crippen LogP contribution is 2.39. The third kappa shape index (κ3) is 4.82. The zero-order valence-electron chi connectivity index (χ0n) is 19.4. The van der Waals surface area contributed by atoms with Gasteiger partial charge in [-0.15, -0.1) is 11.3 Å². The predicted molar refractivity (Wildman–Crippen MR) is 135 cm³/mol. The van der Waals surface area contributed by atoms with Crippen molar-refractivity contribution < 1.29 is 19.0 Å². The topological polar surface area (TPSA) is 64.1 Å². The number of carbonyl (C=O) groups excluding carboxylic acids is 1. The highest BCUT2D eigenvalue weighted by atomic mass is 32.2. The van der Waals surface area contributed by atoms with Crippen molar-refractivity contribution in [3.05, 3.63) is 41.9 Å². The molecule has 3 heterocycles. The van der Waals surface area contributed by atoms with Crippen molar-refractivity contribution in [2.24, 2.45) is 0 Å². The van der Waals surface area contributed by atoms with Gasteiger partial charge in [-0.3, -0.25) is 4.79 Å². The number of benzene rings is 2. The van der Waals surface area contributed by atoms with Crippen molar-refractivity contribution in [3.63, 3.8) is 0 Å². The van der Waals surface area contributed by atoms with E-state index in [1.165, 1.54) is 9.60 Å². The number of nitrogens with zero attached hydrogens (tertiary/aromatic N) is 3. The molecule has 2 fully saturated rings. The zero-order valence-corrected chi connectivity index (χ0v) is 21.1. The number of hydrogen-bond donors (Lipinski definition) is 0. The third-order valence-corrected chi connectivity index (χ3v) is 8.53. The number of rotatable bonds is 8. The lowest BCUT2D eigenvalue weighted by atomic mass is 9.97. The summed E-state index contributed by atoms with van der Waals surface area (Å²) in [5.74, 6) is 2.21. The molecule has 5 rings (SSSR count). The Morgan fingerprint density at radius 2 is 1.97 bits per heavy atom. The second-order valence-corrected chi connectivity index (χ2v) is 10.5. The summed E-state index contributed by atoms with van der Waals surface area (Å²) in [5.41, 5.74) is 2.91. The molecule has 2 aliphatic rings. The van der Waals surface area contributed by atoms with Gasteiger partial charge in [0, 0.05) is 23.5 Å². The lowest BCUT2D eigenvalue weighted by Gasteiger charge is -2.38. The summed E-state index contributed by atoms with van der Waals surface area (Å²) in [6, 6.07) is 12.2. The van der Waals surface area contributed by atoms with Gasteiger partial charge in [0.1, 0.15) is 12.4 Å². The lowest BCUT2D eigenvalue weighted by molar-refractivity contribution is -0.135. The van der Waals surface area contributed by atoms with E-state index in [0.29, 0.717) is 36.4 Å². The molecule has 2 atom stereocenters. The van der Waals surface area contributed by atoms with Gasteiger partial charge in [-0.25, -0.2) is 9.29 Å². The van der Waals surface area contributed by atoms with Crippen molar-refractivity contribution in [1.29, 1.82) is 0 Å². The van der Waals surface area contributed by atoms with Crippen LogP contribution in [0.25, 0.3) is 10.2 Å². The Bertz CT molecular complexity index is 1150. The largest absolute Gasteiger partial charge is 0.493 e. The molecule has 2 aliphatic heterocycles. The number of thiazole rings is 1. The van der Waals surface area contributed by atoms with Crippen LogP contribution in [0.5, 0.6) is 17.2 Å². The summed E-state index contributed by atoms with van der Waals surface area (Å²) >= 11 is 3.38. The van der Waals surface area contributed by atoms with E-state index in [1.54, 1.807) is 37.5 Å². The monoisotopic (exact) mass is 499 g/mol. The molecular weight excluding hydrogens is 470 g/mol. The van der Waals surface area contributed by atoms with Crippen molar-refractivity contribution in [2.75, 3.05) is 33.9 Å². The van der Waals surface area contributed by atoms with Gasteiger partial charge in [0.2, 0.25) is 5.91 Å². The first kappa shape index (κ1) is 23.3. The lowest BCUT2D eigenvalue weighted by Crippen LogP contribution is -2.48. The van der Waals surface area contributed by atoms with E-state index in [4.69, 9.17) is 14.2 Å². The van der Waals surface area contributed by atoms with Crippen LogP contribution in [0, 0.1) is 0 Å². The van der Waals surface area contributed by atoms with E-state index in [-0.39, 0.29) is 11.9 Å². The first-order chi connectivity index (χ1) is 16.7. The molecule has 2 unspecified atom stereocenters. The smallest absolute Gasteiger partial charge is 0.240 e. The molecule has 2 bridgehead atoms. The predicted octanol–water partition coefficient (Wildman–Crippen LogP) is 4.86. The molecule has 9 heteroatoms. The van der Waals surface area contributed by atoms with E-state index >= 15 is 0 Å². The molecule has 0 aliphatic carbocycles. The fourth-order valence-corrected chi connectivity index (χ4v) is 6.76. The molecule has 0 spiro atoms. The van der Waals surface area contributed by atoms with Crippen LogP contribution in [-0.4, -0.2) is 66.1 Å². The second-order valence-electron chi connectivity index (χ2n) is 8.51. The molecular formula is C25H29N3O4S2. The van der Waals surface area contributed by atoms with Gasteiger partial charge in [0.25, 0.3) is 0 Å². The summed E-state index contributed by atoms with van der Waals surface area (Å²) in [4.78, 5) is 21.1. The third-order valence-electron chi connectivity index (χ3n) is 6.51. The van der Waals surface area contributed by atoms with Crippen LogP contribution in [0.3, 0.4) is 0 Å². The first-order valence-corrected chi connectivity index (χ1v) is 13.2. The Morgan fingerprint density at radius 3 is 2.82 bits per heavy atom. The number of fused-ring (bicyclic) bond motifs is 3. The number of aromatic nitrogens is 1. The molecule has 180 valence electrons. The van der Waals surface area contributed by atoms with Gasteiger partial charge in [0.05, 0.1) is 42.5 Å². The number of carbonyl (C=O) groups is 1. The molecule has 0 radical (unpaired) electrons. The fraction of sp³-hybridized carbons (Fsp3) is 0.440. The van der Waals surface area contributed by atoms with Crippen LogP contribution >= 0.6 is 23.3 Å². The van der Waals surface area contributed by atoms with Crippen LogP contribution in [0.4, 0.5) is 0 Å². The minimum atomic E-state index is -0.0931. The number of ether oxygens (including phenoxy) is 3. The summed E-state index contributed by atoms with van der Waals surface area (Å²) < 4.78 is 20.1. The summed E-state index contributed by atoms with van der Waals surface area (Å²) in [6.07, 6.45) is 4.12. The maximum atomic E-state index is 13.5. The van der Waals surface area contributed by atoms with Crippen molar-refractivity contribution in [2.45, 2.75) is 42.7 Å². The highest BCUT2D eigenvalue weighted by Gasteiger charge is 2.40. The first-order valence-electron chi connectivity index (χ1n) is 11.6. The standard InChI is InChI=1S/C25H29N3O4S2/c1-30-22-9-6-18(14-23(22)31-2)32-13-12-27-11-10-17-4-3-5-21(25(27)29)28(17)34-19-7-8-20-24(15-19)33-16-26-20/h6-9,14-17,21H,3-5,10-13H2,1-2H3. The van der Waals surface area contributed by atoms with Gasteiger partial charge in [-0.05, 0) is 68.0 Å². The average molecular weight is 500 g/mol. The Hall–Kier alpha value is -2.49. The number of hydrogen-bond acceptors (Lipinski definition) is 8. The molecule has 0 N–H and O–H groups in total. The quantitative estimate of drug-likeness (QED) is 0.410. The summed E-state index contributed by atoms with van der Waals surface area (Å²) in [5, 5.41) is 0. The van der Waals surface area contributed by atoms with E-state index < -0.39 is 0 Å². The van der Waals surface area contributed by atoms with Crippen LogP contribution in [0.2, 0.25) is 0 Å². The van der Waals surface area contributed by atoms with Gasteiger partial charge in [0.15, 0.2) is 11.5 Å². The van der Waals surface area contributed by atoms with Gasteiger partial charge in [-0.2, -0.15) is 0 Å². The molecule has 0 saturated carbocycles. The maximum Gasteiger partial charge on any atom is 0.240 e. The van der Waals surface area contributed by atoms with Crippen molar-refractivity contribution >= 4 is 39.4 Å². The van der Waals surface area contributed by atoms with Crippen molar-refractivity contribution in [1.82, 2.24) is 14.2 Å². The molecule has 2 aromatic carbocycles. The van der Waals surface area contributed by atoms with Gasteiger partial charge in [-0.1, -0.05) is 0 Å². The number of piperidine rings is 1. The van der Waals surface area contributed by atoms with Crippen LogP contribution in [-0.2, 0) is 4.79 Å².